The van der Waals surface area contributed by atoms with Gasteiger partial charge in [0, 0.05) is 0 Å². The van der Waals surface area contributed by atoms with Crippen molar-refractivity contribution in [3.8, 4) is 10.8 Å². The molecule has 0 atom stereocenters. The minimum Gasteiger partial charge on any atom is -0.675 e. The van der Waals surface area contributed by atoms with Gasteiger partial charge in [0.15, 0.2) is 0 Å². The van der Waals surface area contributed by atoms with Crippen LogP contribution in [-0.2, 0) is 0 Å². The molecule has 3 heteroatoms. The minimum atomic E-state index is 0. The minimum absolute atomic E-state index is 0. The summed E-state index contributed by atoms with van der Waals surface area (Å²) in [5, 5.41) is 2.94. The summed E-state index contributed by atoms with van der Waals surface area (Å²) in [5.41, 5.74) is 0. The van der Waals surface area contributed by atoms with E-state index in [1.807, 2.05) is 0 Å². The smallest absolute Gasteiger partial charge is 0.675 e. The Hall–Kier alpha value is 0.960. The molecule has 0 N–H and O–H groups in total. The van der Waals surface area contributed by atoms with Crippen molar-refractivity contribution in [2.45, 2.75) is 0 Å². The van der Waals surface area contributed by atoms with Crippen molar-refractivity contribution in [3.63, 3.8) is 0 Å². The molecule has 0 heterocycles. The van der Waals surface area contributed by atoms with Crippen LogP contribution in [-0.4, -0.2) is 37.7 Å². The molecule has 0 rings (SSSR count). The van der Waals surface area contributed by atoms with Gasteiger partial charge in [0.1, 0.15) is 0 Å². The molecule has 0 aromatic rings. The van der Waals surface area contributed by atoms with Crippen LogP contribution < -0.4 is 0 Å². The summed E-state index contributed by atoms with van der Waals surface area (Å²) in [5.74, 6) is 0. The van der Waals surface area contributed by atoms with Crippen LogP contribution in [0.5, 0.6) is 0 Å². The molecule has 0 saturated carbocycles. The van der Waals surface area contributed by atoms with Gasteiger partial charge in [-0.05, 0) is 0 Å². The molecule has 0 radical (unpaired) electrons. The van der Waals surface area contributed by atoms with E-state index in [9.17, 15) is 0 Å². The third-order valence-electron chi connectivity index (χ3n) is 0. The van der Waals surface area contributed by atoms with Crippen LogP contribution in [0.1, 0.15) is 0 Å². The molecule has 0 fully saturated rings. The topological polar surface area (TPSA) is 0 Å². The first-order chi connectivity index (χ1) is 2.83. The maximum absolute atomic E-state index is 5.72. The van der Waals surface area contributed by atoms with E-state index in [1.165, 1.54) is 10.8 Å². The second-order valence-corrected chi connectivity index (χ2v) is 0.567. The van der Waals surface area contributed by atoms with Crippen molar-refractivity contribution in [2.75, 3.05) is 0 Å². The standard InChI is InChI=1S/2C2Cl.Ca/c2*1-2-3;/q2*-1;+2. The average molecular weight is 159 g/mol. The van der Waals surface area contributed by atoms with Gasteiger partial charge in [-0.2, -0.15) is 0 Å². The first-order valence-electron chi connectivity index (χ1n) is 0.878. The third-order valence-corrected chi connectivity index (χ3v) is 0. The van der Waals surface area contributed by atoms with Crippen molar-refractivity contribution in [3.05, 3.63) is 12.8 Å². The number of rotatable bonds is 0. The zero-order chi connectivity index (χ0) is 5.41. The molecular weight excluding hydrogens is 159 g/mol. The van der Waals surface area contributed by atoms with E-state index in [0.717, 1.165) is 0 Å². The molecule has 0 bridgehead atoms. The van der Waals surface area contributed by atoms with Gasteiger partial charge < -0.3 is 12.8 Å². The van der Waals surface area contributed by atoms with Crippen LogP contribution in [0.3, 0.4) is 0 Å². The Bertz CT molecular complexity index is 64.7. The summed E-state index contributed by atoms with van der Waals surface area (Å²) in [4.78, 5) is 0. The van der Waals surface area contributed by atoms with Crippen LogP contribution in [0.15, 0.2) is 0 Å². The Labute approximate surface area is 83.6 Å². The molecule has 0 aromatic carbocycles. The van der Waals surface area contributed by atoms with E-state index in [0.29, 0.717) is 0 Å². The van der Waals surface area contributed by atoms with Crippen molar-refractivity contribution < 1.29 is 0 Å². The quantitative estimate of drug-likeness (QED) is 0.282. The zero-order valence-corrected chi connectivity index (χ0v) is 7.18. The Morgan fingerprint density at radius 3 is 1.00 bits per heavy atom. The van der Waals surface area contributed by atoms with E-state index < -0.39 is 0 Å². The molecule has 0 aromatic heterocycles. The average Bonchev–Trinajstić information content (AvgIpc) is 1.39. The summed E-state index contributed by atoms with van der Waals surface area (Å²) in [6, 6.07) is 0. The Balaban J connectivity index is -0.0000000400. The van der Waals surface area contributed by atoms with Crippen molar-refractivity contribution in [1.29, 1.82) is 0 Å². The van der Waals surface area contributed by atoms with Gasteiger partial charge in [0.25, 0.3) is 0 Å². The fraction of sp³-hybridized carbons (Fsp3) is 0. The van der Waals surface area contributed by atoms with E-state index >= 15 is 0 Å². The number of hydrogen-bond donors (Lipinski definition) is 0. The molecule has 0 aliphatic carbocycles. The fourth-order valence-corrected chi connectivity index (χ4v) is 0. The van der Waals surface area contributed by atoms with Gasteiger partial charge in [0.2, 0.25) is 0 Å². The number of hydrogen-bond acceptors (Lipinski definition) is 0. The van der Waals surface area contributed by atoms with Gasteiger partial charge in [0.05, 0.1) is 0 Å². The van der Waals surface area contributed by atoms with Gasteiger partial charge in [-0.25, -0.2) is 0 Å². The molecule has 0 saturated heterocycles. The predicted octanol–water partition coefficient (Wildman–Crippen LogP) is 1.16. The largest absolute Gasteiger partial charge is 2.00 e. The molecule has 0 amide bonds. The van der Waals surface area contributed by atoms with E-state index in [4.69, 9.17) is 12.8 Å². The first kappa shape index (κ1) is 15.7. The van der Waals surface area contributed by atoms with E-state index in [1.54, 1.807) is 0 Å². The SMILES string of the molecule is [C-]#CCl.[C-]#CCl.[Ca+2]. The molecular formula is C4CaCl2. The second-order valence-electron chi connectivity index (χ2n) is 0.189. The maximum Gasteiger partial charge on any atom is 2.00 e. The Morgan fingerprint density at radius 1 is 1.00 bits per heavy atom. The molecule has 0 aliphatic heterocycles. The van der Waals surface area contributed by atoms with E-state index in [2.05, 4.69) is 23.2 Å². The molecule has 0 unspecified atom stereocenters. The first-order valence-corrected chi connectivity index (χ1v) is 1.63. The molecule has 0 aliphatic rings. The molecule has 0 spiro atoms. The molecule has 0 nitrogen and oxygen atoms in total. The van der Waals surface area contributed by atoms with Crippen molar-refractivity contribution >= 4 is 60.9 Å². The summed E-state index contributed by atoms with van der Waals surface area (Å²) in [7, 11) is 0. The third kappa shape index (κ3) is 186. The summed E-state index contributed by atoms with van der Waals surface area (Å²) < 4.78 is 0. The van der Waals surface area contributed by atoms with Gasteiger partial charge in [-0.3, -0.25) is 10.8 Å². The second kappa shape index (κ2) is 28.2. The summed E-state index contributed by atoms with van der Waals surface area (Å²) >= 11 is 8.83. The Morgan fingerprint density at radius 2 is 1.00 bits per heavy atom. The maximum atomic E-state index is 5.72. The van der Waals surface area contributed by atoms with Crippen LogP contribution >= 0.6 is 23.2 Å². The van der Waals surface area contributed by atoms with Gasteiger partial charge in [-0.15, -0.1) is 0 Å². The van der Waals surface area contributed by atoms with Crippen molar-refractivity contribution in [1.82, 2.24) is 0 Å². The molecule has 32 valence electrons. The van der Waals surface area contributed by atoms with Gasteiger partial charge in [-0.1, -0.05) is 23.2 Å². The van der Waals surface area contributed by atoms with Gasteiger partial charge >= 0.3 is 37.7 Å². The van der Waals surface area contributed by atoms with Crippen molar-refractivity contribution in [2.24, 2.45) is 0 Å². The Kier molecular flexibility index (Phi) is 63.2. The summed E-state index contributed by atoms with van der Waals surface area (Å²) in [6.45, 7) is 0. The fourth-order valence-electron chi connectivity index (χ4n) is 0. The summed E-state index contributed by atoms with van der Waals surface area (Å²) in [6.07, 6.45) is 11.4. The normalized spacial score (nSPS) is 2.29. The van der Waals surface area contributed by atoms with Crippen LogP contribution in [0, 0.1) is 23.6 Å². The van der Waals surface area contributed by atoms with Crippen LogP contribution in [0.2, 0.25) is 0 Å². The zero-order valence-electron chi connectivity index (χ0n) is 3.46. The number of halogens is 2. The van der Waals surface area contributed by atoms with Crippen LogP contribution in [0.4, 0.5) is 0 Å². The van der Waals surface area contributed by atoms with Crippen LogP contribution in [0.25, 0.3) is 0 Å². The van der Waals surface area contributed by atoms with E-state index in [-0.39, 0.29) is 37.7 Å². The predicted molar refractivity (Wildman–Crippen MR) is 31.7 cm³/mol. The molecule has 7 heavy (non-hydrogen) atoms. The monoisotopic (exact) mass is 158 g/mol.